The van der Waals surface area contributed by atoms with Gasteiger partial charge in [0, 0.05) is 0 Å². The van der Waals surface area contributed by atoms with E-state index in [2.05, 4.69) is 6.58 Å². The summed E-state index contributed by atoms with van der Waals surface area (Å²) in [6, 6.07) is 0. The highest BCUT2D eigenvalue weighted by atomic mass is 16.8. The maximum atomic E-state index is 5.69. The Morgan fingerprint density at radius 3 is 2.87 bits per heavy atom. The summed E-state index contributed by atoms with van der Waals surface area (Å²) in [5, 5.41) is 0. The van der Waals surface area contributed by atoms with Crippen LogP contribution in [0.2, 0.25) is 0 Å². The first kappa shape index (κ1) is 9.82. The Hall–Kier alpha value is -0.380. The predicted molar refractivity (Wildman–Crippen MR) is 55.4 cm³/mol. The van der Waals surface area contributed by atoms with Crippen LogP contribution in [0.25, 0.3) is 0 Å². The van der Waals surface area contributed by atoms with Crippen molar-refractivity contribution in [3.05, 3.63) is 12.2 Å². The molecule has 3 rings (SSSR count). The number of fused-ring (bicyclic) bond motifs is 1. The van der Waals surface area contributed by atoms with Crippen LogP contribution in [-0.2, 0) is 14.2 Å². The molecule has 0 bridgehead atoms. The summed E-state index contributed by atoms with van der Waals surface area (Å²) in [4.78, 5) is 0. The van der Waals surface area contributed by atoms with Crippen LogP contribution in [0, 0.1) is 5.92 Å². The van der Waals surface area contributed by atoms with Crippen molar-refractivity contribution in [1.82, 2.24) is 0 Å². The van der Waals surface area contributed by atoms with E-state index in [-0.39, 0.29) is 12.4 Å². The summed E-state index contributed by atoms with van der Waals surface area (Å²) in [6.07, 6.45) is 4.90. The van der Waals surface area contributed by atoms with Gasteiger partial charge in [0.2, 0.25) is 0 Å². The summed E-state index contributed by atoms with van der Waals surface area (Å²) in [5.41, 5.74) is 1.06. The first-order valence-corrected chi connectivity index (χ1v) is 5.82. The van der Waals surface area contributed by atoms with Crippen molar-refractivity contribution in [3.63, 3.8) is 0 Å². The standard InChI is InChI=1S/C12H18O3/c1-7(2)11-12(15-11)13-6-8-3-4-9-10(5-8)14-9/h8-12H,1,3-6H2,2H3. The molecule has 84 valence electrons. The van der Waals surface area contributed by atoms with Gasteiger partial charge in [-0.3, -0.25) is 0 Å². The van der Waals surface area contributed by atoms with Gasteiger partial charge in [0.1, 0.15) is 6.10 Å². The summed E-state index contributed by atoms with van der Waals surface area (Å²) in [6.45, 7) is 6.66. The van der Waals surface area contributed by atoms with Crippen LogP contribution in [0.5, 0.6) is 0 Å². The van der Waals surface area contributed by atoms with E-state index in [1.54, 1.807) is 0 Å². The second kappa shape index (κ2) is 3.58. The lowest BCUT2D eigenvalue weighted by Gasteiger charge is -2.17. The third kappa shape index (κ3) is 2.10. The SMILES string of the molecule is C=C(C)C1OC1OCC1CCC2OC2C1. The molecule has 3 nitrogen and oxygen atoms in total. The van der Waals surface area contributed by atoms with Crippen LogP contribution in [0.15, 0.2) is 12.2 Å². The second-order valence-electron chi connectivity index (χ2n) is 5.00. The van der Waals surface area contributed by atoms with Crippen molar-refractivity contribution in [2.75, 3.05) is 6.61 Å². The molecule has 0 radical (unpaired) electrons. The van der Waals surface area contributed by atoms with Crippen molar-refractivity contribution in [2.45, 2.75) is 50.8 Å². The Labute approximate surface area is 90.4 Å². The van der Waals surface area contributed by atoms with Crippen LogP contribution in [0.4, 0.5) is 0 Å². The van der Waals surface area contributed by atoms with E-state index in [0.717, 1.165) is 12.2 Å². The second-order valence-corrected chi connectivity index (χ2v) is 5.00. The third-order valence-corrected chi connectivity index (χ3v) is 3.55. The highest BCUT2D eigenvalue weighted by Gasteiger charge is 2.45. The van der Waals surface area contributed by atoms with Gasteiger partial charge in [-0.1, -0.05) is 6.58 Å². The average Bonchev–Trinajstić information content (AvgIpc) is 3.09. The van der Waals surface area contributed by atoms with E-state index in [1.807, 2.05) is 6.92 Å². The minimum absolute atomic E-state index is 0.0136. The maximum Gasteiger partial charge on any atom is 0.188 e. The first-order chi connectivity index (χ1) is 7.24. The number of ether oxygens (including phenoxy) is 3. The normalized spacial score (nSPS) is 47.1. The molecule has 1 aliphatic carbocycles. The Balaban J connectivity index is 1.38. The smallest absolute Gasteiger partial charge is 0.188 e. The summed E-state index contributed by atoms with van der Waals surface area (Å²) < 4.78 is 16.5. The minimum atomic E-state index is -0.0136. The monoisotopic (exact) mass is 210 g/mol. The molecule has 3 fully saturated rings. The zero-order valence-electron chi connectivity index (χ0n) is 9.15. The quantitative estimate of drug-likeness (QED) is 0.525. The van der Waals surface area contributed by atoms with E-state index in [4.69, 9.17) is 14.2 Å². The number of rotatable bonds is 4. The largest absolute Gasteiger partial charge is 0.370 e. The van der Waals surface area contributed by atoms with Gasteiger partial charge in [-0.05, 0) is 37.7 Å². The zero-order valence-corrected chi connectivity index (χ0v) is 9.15. The molecule has 0 N–H and O–H groups in total. The van der Waals surface area contributed by atoms with Gasteiger partial charge in [-0.2, -0.15) is 0 Å². The fraction of sp³-hybridized carbons (Fsp3) is 0.833. The molecule has 2 saturated heterocycles. The number of epoxide rings is 2. The molecule has 2 heterocycles. The highest BCUT2D eigenvalue weighted by Crippen LogP contribution is 2.40. The lowest BCUT2D eigenvalue weighted by Crippen LogP contribution is -2.19. The minimum Gasteiger partial charge on any atom is -0.370 e. The van der Waals surface area contributed by atoms with Gasteiger partial charge in [-0.25, -0.2) is 0 Å². The molecule has 15 heavy (non-hydrogen) atoms. The third-order valence-electron chi connectivity index (χ3n) is 3.55. The van der Waals surface area contributed by atoms with Gasteiger partial charge < -0.3 is 14.2 Å². The maximum absolute atomic E-state index is 5.69. The summed E-state index contributed by atoms with van der Waals surface area (Å²) in [5.74, 6) is 0.670. The van der Waals surface area contributed by atoms with Crippen LogP contribution < -0.4 is 0 Å². The van der Waals surface area contributed by atoms with Gasteiger partial charge in [-0.15, -0.1) is 0 Å². The lowest BCUT2D eigenvalue weighted by molar-refractivity contribution is 0.0215. The van der Waals surface area contributed by atoms with E-state index >= 15 is 0 Å². The highest BCUT2D eigenvalue weighted by molar-refractivity contribution is 5.07. The molecular formula is C12H18O3. The number of hydrogen-bond donors (Lipinski definition) is 0. The van der Waals surface area contributed by atoms with Crippen molar-refractivity contribution < 1.29 is 14.2 Å². The summed E-state index contributed by atoms with van der Waals surface area (Å²) in [7, 11) is 0. The van der Waals surface area contributed by atoms with Crippen LogP contribution in [0.3, 0.4) is 0 Å². The fourth-order valence-electron chi connectivity index (χ4n) is 2.44. The molecule has 2 aliphatic heterocycles. The van der Waals surface area contributed by atoms with Crippen molar-refractivity contribution in [1.29, 1.82) is 0 Å². The Morgan fingerprint density at radius 2 is 2.20 bits per heavy atom. The topological polar surface area (TPSA) is 34.3 Å². The molecule has 1 saturated carbocycles. The Morgan fingerprint density at radius 1 is 1.33 bits per heavy atom. The molecule has 3 heteroatoms. The first-order valence-electron chi connectivity index (χ1n) is 5.82. The zero-order chi connectivity index (χ0) is 10.4. The fourth-order valence-corrected chi connectivity index (χ4v) is 2.44. The van der Waals surface area contributed by atoms with E-state index in [0.29, 0.717) is 18.1 Å². The van der Waals surface area contributed by atoms with Gasteiger partial charge in [0.05, 0.1) is 18.8 Å². The summed E-state index contributed by atoms with van der Waals surface area (Å²) >= 11 is 0. The van der Waals surface area contributed by atoms with Crippen molar-refractivity contribution in [2.24, 2.45) is 5.92 Å². The molecule has 0 aromatic rings. The Kier molecular flexibility index (Phi) is 2.34. The van der Waals surface area contributed by atoms with Gasteiger partial charge in [0.15, 0.2) is 6.29 Å². The van der Waals surface area contributed by atoms with Crippen LogP contribution in [-0.4, -0.2) is 31.2 Å². The molecule has 3 aliphatic rings. The van der Waals surface area contributed by atoms with E-state index in [9.17, 15) is 0 Å². The van der Waals surface area contributed by atoms with Gasteiger partial charge >= 0.3 is 0 Å². The molecule has 0 aromatic heterocycles. The Bertz CT molecular complexity index is 276. The van der Waals surface area contributed by atoms with Crippen molar-refractivity contribution in [3.8, 4) is 0 Å². The molecular weight excluding hydrogens is 192 g/mol. The molecule has 5 unspecified atom stereocenters. The van der Waals surface area contributed by atoms with Crippen molar-refractivity contribution >= 4 is 0 Å². The van der Waals surface area contributed by atoms with E-state index < -0.39 is 0 Å². The molecule has 0 amide bonds. The molecule has 5 atom stereocenters. The predicted octanol–water partition coefficient (Wildman–Crippen LogP) is 1.87. The van der Waals surface area contributed by atoms with E-state index in [1.165, 1.54) is 19.3 Å². The molecule has 0 spiro atoms. The lowest BCUT2D eigenvalue weighted by atomic mass is 9.90. The average molecular weight is 210 g/mol. The van der Waals surface area contributed by atoms with Crippen LogP contribution in [0.1, 0.15) is 26.2 Å². The molecule has 0 aromatic carbocycles. The van der Waals surface area contributed by atoms with Crippen LogP contribution >= 0.6 is 0 Å². The van der Waals surface area contributed by atoms with Gasteiger partial charge in [0.25, 0.3) is 0 Å². The number of hydrogen-bond acceptors (Lipinski definition) is 3.